The second-order valence-corrected chi connectivity index (χ2v) is 17.4. The summed E-state index contributed by atoms with van der Waals surface area (Å²) in [5.41, 5.74) is 9.10. The van der Waals surface area contributed by atoms with Crippen LogP contribution in [0.4, 0.5) is 0 Å². The molecule has 2 fully saturated rings. The van der Waals surface area contributed by atoms with Gasteiger partial charge in [0.1, 0.15) is 0 Å². The van der Waals surface area contributed by atoms with Crippen LogP contribution < -0.4 is 39.5 Å². The van der Waals surface area contributed by atoms with E-state index in [-0.39, 0.29) is 22.5 Å². The van der Waals surface area contributed by atoms with Crippen molar-refractivity contribution < 1.29 is 52.6 Å². The SMILES string of the molecule is CCCCOc1c(OC)cc(C(=O)NCC2(N(C)Cc3ccccc3)CCOCC2)cc1OC.CCCCOc1c(OC)cc(C(=O)O)cc1OC.CN(Cc1ccccc1)C1(CN)CCOCC1. The summed E-state index contributed by atoms with van der Waals surface area (Å²) in [7, 11) is 10.4. The number of unbranched alkanes of at least 4 members (excludes halogenated alkanes) is 2. The molecule has 0 saturated carbocycles. The topological polar surface area (TPSA) is 173 Å². The maximum atomic E-state index is 13.2. The molecule has 0 aliphatic carbocycles. The number of hydrogen-bond acceptors (Lipinski definition) is 13. The van der Waals surface area contributed by atoms with Gasteiger partial charge in [0.2, 0.25) is 11.5 Å². The van der Waals surface area contributed by atoms with E-state index >= 15 is 0 Å². The van der Waals surface area contributed by atoms with Gasteiger partial charge in [0.15, 0.2) is 23.0 Å². The number of carbonyl (C=O) groups excluding carboxylic acids is 1. The Morgan fingerprint density at radius 2 is 1.00 bits per heavy atom. The van der Waals surface area contributed by atoms with Gasteiger partial charge in [-0.05, 0) is 88.0 Å². The molecule has 1 amide bonds. The maximum absolute atomic E-state index is 13.2. The second-order valence-electron chi connectivity index (χ2n) is 17.4. The van der Waals surface area contributed by atoms with Crippen LogP contribution in [0.5, 0.6) is 34.5 Å². The molecule has 2 heterocycles. The molecule has 15 nitrogen and oxygen atoms in total. The normalized spacial score (nSPS) is 14.8. The van der Waals surface area contributed by atoms with Gasteiger partial charge < -0.3 is 54.1 Å². The van der Waals surface area contributed by atoms with Crippen molar-refractivity contribution in [2.24, 2.45) is 5.73 Å². The van der Waals surface area contributed by atoms with Crippen LogP contribution in [0, 0.1) is 0 Å². The summed E-state index contributed by atoms with van der Waals surface area (Å²) in [5, 5.41) is 12.1. The smallest absolute Gasteiger partial charge is 0.335 e. The van der Waals surface area contributed by atoms with Crippen LogP contribution in [0.15, 0.2) is 84.9 Å². The quantitative estimate of drug-likeness (QED) is 0.0604. The lowest BCUT2D eigenvalue weighted by atomic mass is 9.87. The molecular formula is C54H78N4O11. The Hall–Kier alpha value is -5.58. The lowest BCUT2D eigenvalue weighted by Crippen LogP contribution is -2.56. The first kappa shape index (κ1) is 56.0. The van der Waals surface area contributed by atoms with Crippen molar-refractivity contribution >= 4 is 11.9 Å². The zero-order valence-electron chi connectivity index (χ0n) is 42.3. The molecule has 4 aromatic rings. The zero-order chi connectivity index (χ0) is 50.1. The predicted octanol–water partition coefficient (Wildman–Crippen LogP) is 8.50. The van der Waals surface area contributed by atoms with Gasteiger partial charge in [0, 0.05) is 69.2 Å². The summed E-state index contributed by atoms with van der Waals surface area (Å²) in [6.07, 6.45) is 7.65. The summed E-state index contributed by atoms with van der Waals surface area (Å²) < 4.78 is 43.9. The lowest BCUT2D eigenvalue weighted by Gasteiger charge is -2.44. The monoisotopic (exact) mass is 959 g/mol. The highest BCUT2D eigenvalue weighted by atomic mass is 16.5. The number of nitrogens with two attached hydrogens (primary N) is 1. The van der Waals surface area contributed by atoms with Gasteiger partial charge >= 0.3 is 5.97 Å². The van der Waals surface area contributed by atoms with Crippen molar-refractivity contribution in [3.05, 3.63) is 107 Å². The molecule has 69 heavy (non-hydrogen) atoms. The number of amides is 1. The first-order valence-corrected chi connectivity index (χ1v) is 24.1. The highest BCUT2D eigenvalue weighted by molar-refractivity contribution is 5.95. The summed E-state index contributed by atoms with van der Waals surface area (Å²) in [4.78, 5) is 28.9. The first-order chi connectivity index (χ1) is 33.4. The molecule has 2 saturated heterocycles. The fourth-order valence-electron chi connectivity index (χ4n) is 8.27. The maximum Gasteiger partial charge on any atom is 0.335 e. The van der Waals surface area contributed by atoms with Gasteiger partial charge in [-0.1, -0.05) is 87.4 Å². The molecule has 6 rings (SSSR count). The largest absolute Gasteiger partial charge is 0.493 e. The second kappa shape index (κ2) is 29.4. The Balaban J connectivity index is 0.000000249. The molecule has 15 heteroatoms. The third kappa shape index (κ3) is 16.5. The molecule has 0 bridgehead atoms. The average molecular weight is 959 g/mol. The standard InChI is InChI=1S/C27H38N2O5.C14H22N2O.C13H18O5/c1-5-6-14-34-25-23(31-3)17-22(18-24(25)32-4)26(30)28-20-27(12-15-33-16-13-27)29(2)19-21-10-8-7-9-11-21;1-16(11-13-5-3-2-4-6-13)14(12-15)7-9-17-10-8-14;1-4-5-6-18-12-10(16-2)7-9(13(14)15)8-11(12)17-3/h7-11,17-18H,5-6,12-16,19-20H2,1-4H3,(H,28,30);2-6H,7-12,15H2,1H3;7-8H,4-6H2,1-3H3,(H,14,15). The van der Waals surface area contributed by atoms with E-state index in [1.165, 1.54) is 37.5 Å². The number of hydrogen-bond donors (Lipinski definition) is 3. The fraction of sp³-hybridized carbons (Fsp3) is 0.519. The van der Waals surface area contributed by atoms with E-state index < -0.39 is 5.97 Å². The van der Waals surface area contributed by atoms with Crippen molar-refractivity contribution in [3.63, 3.8) is 0 Å². The highest BCUT2D eigenvalue weighted by Crippen LogP contribution is 2.40. The Morgan fingerprint density at radius 3 is 1.36 bits per heavy atom. The third-order valence-electron chi connectivity index (χ3n) is 12.9. The molecule has 380 valence electrons. The number of carboxylic acids is 1. The third-order valence-corrected chi connectivity index (χ3v) is 12.9. The molecule has 4 N–H and O–H groups in total. The van der Waals surface area contributed by atoms with Gasteiger partial charge in [0.25, 0.3) is 5.91 Å². The van der Waals surface area contributed by atoms with Gasteiger partial charge in [-0.25, -0.2) is 4.79 Å². The minimum Gasteiger partial charge on any atom is -0.493 e. The molecule has 0 spiro atoms. The van der Waals surface area contributed by atoms with E-state index in [0.717, 1.165) is 77.7 Å². The Bertz CT molecular complexity index is 2060. The van der Waals surface area contributed by atoms with E-state index in [1.54, 1.807) is 26.4 Å². The van der Waals surface area contributed by atoms with E-state index in [4.69, 9.17) is 48.7 Å². The number of ether oxygens (including phenoxy) is 8. The van der Waals surface area contributed by atoms with Crippen LogP contribution >= 0.6 is 0 Å². The van der Waals surface area contributed by atoms with Crippen LogP contribution in [0.25, 0.3) is 0 Å². The number of benzene rings is 4. The Kier molecular flexibility index (Phi) is 23.9. The molecule has 0 radical (unpaired) electrons. The van der Waals surface area contributed by atoms with Crippen molar-refractivity contribution in [2.45, 2.75) is 89.4 Å². The molecule has 0 aromatic heterocycles. The first-order valence-electron chi connectivity index (χ1n) is 24.1. The van der Waals surface area contributed by atoms with Crippen LogP contribution in [0.3, 0.4) is 0 Å². The van der Waals surface area contributed by atoms with Gasteiger partial charge in [-0.3, -0.25) is 14.6 Å². The molecule has 2 aliphatic rings. The number of rotatable bonds is 23. The van der Waals surface area contributed by atoms with Gasteiger partial charge in [0.05, 0.1) is 47.2 Å². The summed E-state index contributed by atoms with van der Waals surface area (Å²) in [6, 6.07) is 27.2. The Morgan fingerprint density at radius 1 is 0.623 bits per heavy atom. The number of nitrogens with zero attached hydrogens (tertiary/aromatic N) is 2. The lowest BCUT2D eigenvalue weighted by molar-refractivity contribution is -0.0200. The van der Waals surface area contributed by atoms with Crippen molar-refractivity contribution in [1.82, 2.24) is 15.1 Å². The van der Waals surface area contributed by atoms with Crippen LogP contribution in [-0.4, -0.2) is 133 Å². The number of likely N-dealkylation sites (N-methyl/N-ethyl adjacent to an activating group) is 2. The highest BCUT2D eigenvalue weighted by Gasteiger charge is 2.38. The van der Waals surface area contributed by atoms with Gasteiger partial charge in [-0.15, -0.1) is 0 Å². The summed E-state index contributed by atoms with van der Waals surface area (Å²) in [6.45, 7) is 11.3. The van der Waals surface area contributed by atoms with Crippen molar-refractivity contribution in [1.29, 1.82) is 0 Å². The predicted molar refractivity (Wildman–Crippen MR) is 270 cm³/mol. The van der Waals surface area contributed by atoms with E-state index in [2.05, 4.69) is 97.7 Å². The van der Waals surface area contributed by atoms with E-state index in [1.807, 2.05) is 6.07 Å². The van der Waals surface area contributed by atoms with Crippen LogP contribution in [0.1, 0.15) is 97.1 Å². The van der Waals surface area contributed by atoms with Crippen LogP contribution in [-0.2, 0) is 22.6 Å². The van der Waals surface area contributed by atoms with Crippen molar-refractivity contribution in [3.8, 4) is 34.5 Å². The van der Waals surface area contributed by atoms with Gasteiger partial charge in [-0.2, -0.15) is 0 Å². The molecule has 4 aromatic carbocycles. The molecule has 2 aliphatic heterocycles. The number of aromatic carboxylic acids is 1. The summed E-state index contributed by atoms with van der Waals surface area (Å²) >= 11 is 0. The molecular weight excluding hydrogens is 881 g/mol. The number of carboxylic acid groups (broad SMARTS) is 1. The number of nitrogens with one attached hydrogen (secondary N) is 1. The van der Waals surface area contributed by atoms with E-state index in [0.29, 0.717) is 79.6 Å². The zero-order valence-corrected chi connectivity index (χ0v) is 42.3. The fourth-order valence-corrected chi connectivity index (χ4v) is 8.27. The van der Waals surface area contributed by atoms with Crippen molar-refractivity contribution in [2.75, 3.05) is 95.3 Å². The molecule has 0 atom stereocenters. The molecule has 0 unspecified atom stereocenters. The average Bonchev–Trinajstić information content (AvgIpc) is 3.39. The number of methoxy groups -OCH3 is 4. The number of carbonyl (C=O) groups is 2. The van der Waals surface area contributed by atoms with E-state index in [9.17, 15) is 9.59 Å². The van der Waals surface area contributed by atoms with Crippen LogP contribution in [0.2, 0.25) is 0 Å². The minimum atomic E-state index is -1.04. The minimum absolute atomic E-state index is 0.103. The summed E-state index contributed by atoms with van der Waals surface area (Å²) in [5.74, 6) is 1.47. The Labute approximate surface area is 410 Å².